The fraction of sp³-hybridized carbons (Fsp3) is 0.308. The number of hydrogen-bond donors (Lipinski definition) is 1. The van der Waals surface area contributed by atoms with Gasteiger partial charge in [0, 0.05) is 19.2 Å². The molecule has 0 spiro atoms. The van der Waals surface area contributed by atoms with Crippen LogP contribution in [0.4, 0.5) is 0 Å². The van der Waals surface area contributed by atoms with Gasteiger partial charge in [-0.2, -0.15) is 0 Å². The lowest BCUT2D eigenvalue weighted by Crippen LogP contribution is -2.16. The number of nitrogens with two attached hydrogens (primary N) is 1. The number of rotatable bonds is 5. The quantitative estimate of drug-likeness (QED) is 0.852. The van der Waals surface area contributed by atoms with E-state index in [0.29, 0.717) is 6.54 Å². The van der Waals surface area contributed by atoms with Gasteiger partial charge in [-0.05, 0) is 12.6 Å². The zero-order chi connectivity index (χ0) is 12.1. The zero-order valence-electron chi connectivity index (χ0n) is 9.97. The van der Waals surface area contributed by atoms with Crippen molar-refractivity contribution in [1.82, 2.24) is 10.1 Å². The average molecular weight is 231 g/mol. The Hall–Kier alpha value is -1.65. The molecule has 0 aliphatic carbocycles. The van der Waals surface area contributed by atoms with E-state index in [4.69, 9.17) is 10.3 Å². The van der Waals surface area contributed by atoms with Crippen LogP contribution >= 0.6 is 0 Å². The van der Waals surface area contributed by atoms with Crippen LogP contribution in [0, 0.1) is 0 Å². The highest BCUT2D eigenvalue weighted by atomic mass is 16.5. The molecule has 2 rings (SSSR count). The molecule has 0 unspecified atom stereocenters. The van der Waals surface area contributed by atoms with E-state index >= 15 is 0 Å². The highest BCUT2D eigenvalue weighted by Gasteiger charge is 2.06. The average Bonchev–Trinajstić information content (AvgIpc) is 2.78. The van der Waals surface area contributed by atoms with Crippen LogP contribution in [0.1, 0.15) is 17.0 Å². The van der Waals surface area contributed by atoms with E-state index < -0.39 is 0 Å². The molecular formula is C13H17N3O. The van der Waals surface area contributed by atoms with Crippen LogP contribution in [0.3, 0.4) is 0 Å². The molecule has 1 aromatic carbocycles. The molecule has 0 bridgehead atoms. The first kappa shape index (κ1) is 11.8. The van der Waals surface area contributed by atoms with Crippen molar-refractivity contribution < 1.29 is 4.52 Å². The van der Waals surface area contributed by atoms with Crippen molar-refractivity contribution >= 4 is 0 Å². The van der Waals surface area contributed by atoms with Gasteiger partial charge >= 0.3 is 0 Å². The minimum Gasteiger partial charge on any atom is -0.360 e. The molecule has 2 aromatic rings. The predicted molar refractivity (Wildman–Crippen MR) is 66.0 cm³/mol. The second kappa shape index (κ2) is 5.61. The summed E-state index contributed by atoms with van der Waals surface area (Å²) in [4.78, 5) is 2.18. The predicted octanol–water partition coefficient (Wildman–Crippen LogP) is 1.77. The number of hydrogen-bond acceptors (Lipinski definition) is 4. The van der Waals surface area contributed by atoms with Crippen LogP contribution in [0.5, 0.6) is 0 Å². The van der Waals surface area contributed by atoms with Gasteiger partial charge in [-0.15, -0.1) is 0 Å². The van der Waals surface area contributed by atoms with Crippen molar-refractivity contribution in [2.75, 3.05) is 7.05 Å². The van der Waals surface area contributed by atoms with Crippen LogP contribution < -0.4 is 5.73 Å². The molecule has 0 fully saturated rings. The van der Waals surface area contributed by atoms with Gasteiger partial charge in [0.15, 0.2) is 5.76 Å². The molecule has 90 valence electrons. The maximum Gasteiger partial charge on any atom is 0.151 e. The maximum absolute atomic E-state index is 5.48. The summed E-state index contributed by atoms with van der Waals surface area (Å²) in [6.07, 6.45) is 0. The van der Waals surface area contributed by atoms with E-state index in [1.165, 1.54) is 5.56 Å². The Labute approximate surface area is 101 Å². The molecule has 0 atom stereocenters. The van der Waals surface area contributed by atoms with Crippen LogP contribution in [0.2, 0.25) is 0 Å². The summed E-state index contributed by atoms with van der Waals surface area (Å²) in [7, 11) is 2.05. The molecule has 0 radical (unpaired) electrons. The number of benzene rings is 1. The summed E-state index contributed by atoms with van der Waals surface area (Å²) >= 11 is 0. The van der Waals surface area contributed by atoms with Crippen molar-refractivity contribution in [3.05, 3.63) is 53.4 Å². The highest BCUT2D eigenvalue weighted by Crippen LogP contribution is 2.09. The first-order valence-corrected chi connectivity index (χ1v) is 5.65. The highest BCUT2D eigenvalue weighted by molar-refractivity contribution is 5.14. The third-order valence-corrected chi connectivity index (χ3v) is 2.54. The van der Waals surface area contributed by atoms with Gasteiger partial charge in [0.1, 0.15) is 0 Å². The van der Waals surface area contributed by atoms with E-state index in [9.17, 15) is 0 Å². The van der Waals surface area contributed by atoms with Gasteiger partial charge in [0.2, 0.25) is 0 Å². The second-order valence-electron chi connectivity index (χ2n) is 4.15. The van der Waals surface area contributed by atoms with Crippen molar-refractivity contribution in [2.45, 2.75) is 19.6 Å². The van der Waals surface area contributed by atoms with Gasteiger partial charge in [-0.1, -0.05) is 35.5 Å². The Morgan fingerprint density at radius 3 is 2.65 bits per heavy atom. The van der Waals surface area contributed by atoms with E-state index in [0.717, 1.165) is 24.5 Å². The Kier molecular flexibility index (Phi) is 3.90. The standard InChI is InChI=1S/C13H17N3O/c1-16(9-11-5-3-2-4-6-11)10-13-7-12(8-14)15-17-13/h2-7H,8-10,14H2,1H3. The van der Waals surface area contributed by atoms with Crippen molar-refractivity contribution in [3.8, 4) is 0 Å². The Morgan fingerprint density at radius 1 is 1.24 bits per heavy atom. The topological polar surface area (TPSA) is 55.3 Å². The largest absolute Gasteiger partial charge is 0.360 e. The first-order chi connectivity index (χ1) is 8.28. The van der Waals surface area contributed by atoms with Gasteiger partial charge < -0.3 is 10.3 Å². The lowest BCUT2D eigenvalue weighted by molar-refractivity contribution is 0.265. The molecule has 4 nitrogen and oxygen atoms in total. The first-order valence-electron chi connectivity index (χ1n) is 5.65. The fourth-order valence-electron chi connectivity index (χ4n) is 1.74. The summed E-state index contributed by atoms with van der Waals surface area (Å²) in [6, 6.07) is 12.2. The van der Waals surface area contributed by atoms with Crippen LogP contribution in [-0.4, -0.2) is 17.1 Å². The molecule has 17 heavy (non-hydrogen) atoms. The molecular weight excluding hydrogens is 214 g/mol. The van der Waals surface area contributed by atoms with Crippen LogP contribution in [-0.2, 0) is 19.6 Å². The third-order valence-electron chi connectivity index (χ3n) is 2.54. The SMILES string of the molecule is CN(Cc1ccccc1)Cc1cc(CN)no1. The van der Waals surface area contributed by atoms with Gasteiger partial charge in [-0.3, -0.25) is 4.90 Å². The number of aromatic nitrogens is 1. The Morgan fingerprint density at radius 2 is 2.00 bits per heavy atom. The summed E-state index contributed by atoms with van der Waals surface area (Å²) in [5.74, 6) is 0.851. The van der Waals surface area contributed by atoms with Gasteiger partial charge in [0.05, 0.1) is 12.2 Å². The minimum absolute atomic E-state index is 0.423. The molecule has 4 heteroatoms. The van der Waals surface area contributed by atoms with Crippen molar-refractivity contribution in [2.24, 2.45) is 5.73 Å². The van der Waals surface area contributed by atoms with Crippen molar-refractivity contribution in [3.63, 3.8) is 0 Å². The zero-order valence-corrected chi connectivity index (χ0v) is 9.97. The van der Waals surface area contributed by atoms with E-state index in [1.807, 2.05) is 24.3 Å². The molecule has 1 aromatic heterocycles. The molecule has 0 aliphatic heterocycles. The summed E-state index contributed by atoms with van der Waals surface area (Å²) < 4.78 is 5.19. The number of nitrogens with zero attached hydrogens (tertiary/aromatic N) is 2. The van der Waals surface area contributed by atoms with Gasteiger partial charge in [-0.25, -0.2) is 0 Å². The lowest BCUT2D eigenvalue weighted by atomic mass is 10.2. The summed E-state index contributed by atoms with van der Waals surface area (Å²) in [5.41, 5.74) is 7.57. The smallest absolute Gasteiger partial charge is 0.151 e. The van der Waals surface area contributed by atoms with E-state index in [1.54, 1.807) is 0 Å². The molecule has 0 saturated carbocycles. The van der Waals surface area contributed by atoms with Crippen LogP contribution in [0.15, 0.2) is 40.9 Å². The summed E-state index contributed by atoms with van der Waals surface area (Å²) in [5, 5.41) is 3.87. The van der Waals surface area contributed by atoms with Gasteiger partial charge in [0.25, 0.3) is 0 Å². The second-order valence-corrected chi connectivity index (χ2v) is 4.15. The minimum atomic E-state index is 0.423. The Balaban J connectivity index is 1.91. The molecule has 0 aliphatic rings. The van der Waals surface area contributed by atoms with E-state index in [-0.39, 0.29) is 0 Å². The molecule has 0 saturated heterocycles. The molecule has 2 N–H and O–H groups in total. The maximum atomic E-state index is 5.48. The van der Waals surface area contributed by atoms with Crippen molar-refractivity contribution in [1.29, 1.82) is 0 Å². The van der Waals surface area contributed by atoms with E-state index in [2.05, 4.69) is 29.2 Å². The summed E-state index contributed by atoms with van der Waals surface area (Å²) in [6.45, 7) is 2.05. The molecule has 1 heterocycles. The fourth-order valence-corrected chi connectivity index (χ4v) is 1.74. The molecule has 0 amide bonds. The third kappa shape index (κ3) is 3.41. The normalized spacial score (nSPS) is 11.0. The monoisotopic (exact) mass is 231 g/mol. The Bertz CT molecular complexity index is 453. The lowest BCUT2D eigenvalue weighted by Gasteiger charge is -2.14. The van der Waals surface area contributed by atoms with Crippen LogP contribution in [0.25, 0.3) is 0 Å².